The van der Waals surface area contributed by atoms with Gasteiger partial charge in [0.2, 0.25) is 0 Å². The van der Waals surface area contributed by atoms with E-state index in [-0.39, 0.29) is 5.92 Å². The predicted octanol–water partition coefficient (Wildman–Crippen LogP) is 7.00. The second-order valence-corrected chi connectivity index (χ2v) is 8.35. The highest BCUT2D eigenvalue weighted by Crippen LogP contribution is 2.41. The number of methoxy groups -OCH3 is 2. The predicted molar refractivity (Wildman–Crippen MR) is 135 cm³/mol. The first-order chi connectivity index (χ1) is 16.2. The number of H-pyrrole nitrogens is 2. The maximum Gasteiger partial charge on any atom is 0.119 e. The molecule has 0 aliphatic rings. The molecule has 0 aliphatic carbocycles. The number of benzene rings is 4. The largest absolute Gasteiger partial charge is 0.497 e. The third-order valence-corrected chi connectivity index (χ3v) is 6.57. The van der Waals surface area contributed by atoms with Gasteiger partial charge in [-0.2, -0.15) is 0 Å². The Kier molecular flexibility index (Phi) is 4.58. The molecule has 0 saturated carbocycles. The third kappa shape index (κ3) is 3.23. The van der Waals surface area contributed by atoms with E-state index in [1.165, 1.54) is 27.5 Å². The Morgan fingerprint density at radius 3 is 1.76 bits per heavy atom. The molecule has 0 spiro atoms. The summed E-state index contributed by atoms with van der Waals surface area (Å²) in [6.07, 6.45) is 4.26. The van der Waals surface area contributed by atoms with E-state index >= 15 is 0 Å². The molecule has 0 bridgehead atoms. The quantitative estimate of drug-likeness (QED) is 0.308. The van der Waals surface area contributed by atoms with Crippen molar-refractivity contribution in [2.45, 2.75) is 5.92 Å². The van der Waals surface area contributed by atoms with E-state index in [0.717, 1.165) is 33.3 Å². The zero-order valence-corrected chi connectivity index (χ0v) is 18.6. The van der Waals surface area contributed by atoms with Gasteiger partial charge in [-0.1, -0.05) is 42.5 Å². The van der Waals surface area contributed by atoms with Gasteiger partial charge >= 0.3 is 0 Å². The fraction of sp³-hybridized carbons (Fsp3) is 0.103. The van der Waals surface area contributed by atoms with E-state index < -0.39 is 0 Å². The van der Waals surface area contributed by atoms with E-state index in [2.05, 4.69) is 89.1 Å². The second kappa shape index (κ2) is 7.75. The first kappa shape index (κ1) is 19.5. The van der Waals surface area contributed by atoms with Crippen LogP contribution in [0.5, 0.6) is 11.5 Å². The highest BCUT2D eigenvalue weighted by atomic mass is 16.5. The number of aromatic amines is 2. The summed E-state index contributed by atoms with van der Waals surface area (Å²) in [6, 6.07) is 27.6. The molecule has 33 heavy (non-hydrogen) atoms. The Balaban J connectivity index is 1.64. The molecule has 6 aromatic rings. The SMILES string of the molecule is COc1ccc2[nH]cc(C(c3ccc4ccccc4c3)c3c[nH]c4ccc(OC)cc34)c2c1. The van der Waals surface area contributed by atoms with Crippen LogP contribution in [0.15, 0.2) is 91.3 Å². The number of hydrogen-bond acceptors (Lipinski definition) is 2. The van der Waals surface area contributed by atoms with E-state index in [4.69, 9.17) is 9.47 Å². The Morgan fingerprint density at radius 1 is 0.606 bits per heavy atom. The molecule has 4 aromatic carbocycles. The average molecular weight is 433 g/mol. The lowest BCUT2D eigenvalue weighted by molar-refractivity contribution is 0.415. The molecule has 0 fully saturated rings. The van der Waals surface area contributed by atoms with Crippen LogP contribution in [0.1, 0.15) is 22.6 Å². The topological polar surface area (TPSA) is 50.0 Å². The molecule has 2 aromatic heterocycles. The summed E-state index contributed by atoms with van der Waals surface area (Å²) in [6.45, 7) is 0. The van der Waals surface area contributed by atoms with E-state index in [9.17, 15) is 0 Å². The standard InChI is InChI=1S/C29H24N2O2/c1-32-21-9-11-27-23(14-21)25(16-30-27)29(20-8-7-18-5-3-4-6-19(18)13-20)26-17-31-28-12-10-22(33-2)15-24(26)28/h3-17,29-31H,1-2H3. The van der Waals surface area contributed by atoms with Crippen LogP contribution in [0.3, 0.4) is 0 Å². The van der Waals surface area contributed by atoms with E-state index in [1.807, 2.05) is 12.1 Å². The summed E-state index contributed by atoms with van der Waals surface area (Å²) in [5, 5.41) is 4.78. The average Bonchev–Trinajstić information content (AvgIpc) is 3.48. The number of nitrogens with one attached hydrogen (secondary N) is 2. The molecule has 0 radical (unpaired) electrons. The minimum absolute atomic E-state index is 0.0244. The van der Waals surface area contributed by atoms with Crippen molar-refractivity contribution in [2.75, 3.05) is 14.2 Å². The second-order valence-electron chi connectivity index (χ2n) is 8.35. The van der Waals surface area contributed by atoms with Crippen LogP contribution in [-0.2, 0) is 0 Å². The molecular weight excluding hydrogens is 408 g/mol. The van der Waals surface area contributed by atoms with Gasteiger partial charge in [0.15, 0.2) is 0 Å². The molecule has 0 amide bonds. The van der Waals surface area contributed by atoms with Crippen LogP contribution in [0.4, 0.5) is 0 Å². The smallest absolute Gasteiger partial charge is 0.119 e. The van der Waals surface area contributed by atoms with Crippen molar-refractivity contribution in [3.63, 3.8) is 0 Å². The van der Waals surface area contributed by atoms with Gasteiger partial charge in [-0.25, -0.2) is 0 Å². The van der Waals surface area contributed by atoms with Crippen molar-refractivity contribution in [1.82, 2.24) is 9.97 Å². The number of hydrogen-bond donors (Lipinski definition) is 2. The van der Waals surface area contributed by atoms with Crippen molar-refractivity contribution in [3.05, 3.63) is 108 Å². The molecule has 0 atom stereocenters. The Hall–Kier alpha value is -4.18. The first-order valence-electron chi connectivity index (χ1n) is 11.0. The van der Waals surface area contributed by atoms with E-state index in [0.29, 0.717) is 0 Å². The molecule has 2 heterocycles. The fourth-order valence-corrected chi connectivity index (χ4v) is 4.89. The fourth-order valence-electron chi connectivity index (χ4n) is 4.89. The normalized spacial score (nSPS) is 11.6. The first-order valence-corrected chi connectivity index (χ1v) is 11.0. The number of aromatic nitrogens is 2. The van der Waals surface area contributed by atoms with Gasteiger partial charge in [-0.3, -0.25) is 0 Å². The lowest BCUT2D eigenvalue weighted by atomic mass is 9.84. The summed E-state index contributed by atoms with van der Waals surface area (Å²) < 4.78 is 11.1. The van der Waals surface area contributed by atoms with Crippen LogP contribution in [0.2, 0.25) is 0 Å². The van der Waals surface area contributed by atoms with Crippen molar-refractivity contribution >= 4 is 32.6 Å². The molecular formula is C29H24N2O2. The van der Waals surface area contributed by atoms with Crippen LogP contribution in [0, 0.1) is 0 Å². The molecule has 0 unspecified atom stereocenters. The Labute approximate surface area is 191 Å². The van der Waals surface area contributed by atoms with Gasteiger partial charge < -0.3 is 19.4 Å². The van der Waals surface area contributed by atoms with Crippen LogP contribution >= 0.6 is 0 Å². The highest BCUT2D eigenvalue weighted by molar-refractivity contribution is 5.91. The van der Waals surface area contributed by atoms with Gasteiger partial charge in [0.25, 0.3) is 0 Å². The van der Waals surface area contributed by atoms with Gasteiger partial charge in [-0.05, 0) is 63.9 Å². The summed E-state index contributed by atoms with van der Waals surface area (Å²) in [4.78, 5) is 6.94. The number of fused-ring (bicyclic) bond motifs is 3. The van der Waals surface area contributed by atoms with Gasteiger partial charge in [0.05, 0.1) is 14.2 Å². The Bertz CT molecular complexity index is 1530. The molecule has 4 nitrogen and oxygen atoms in total. The van der Waals surface area contributed by atoms with Crippen LogP contribution in [-0.4, -0.2) is 24.2 Å². The molecule has 6 rings (SSSR count). The molecule has 4 heteroatoms. The lowest BCUT2D eigenvalue weighted by Crippen LogP contribution is -2.02. The van der Waals surface area contributed by atoms with Gasteiger partial charge in [0, 0.05) is 40.1 Å². The molecule has 2 N–H and O–H groups in total. The highest BCUT2D eigenvalue weighted by Gasteiger charge is 2.24. The van der Waals surface area contributed by atoms with Crippen molar-refractivity contribution in [1.29, 1.82) is 0 Å². The third-order valence-electron chi connectivity index (χ3n) is 6.57. The van der Waals surface area contributed by atoms with Crippen molar-refractivity contribution < 1.29 is 9.47 Å². The molecule has 0 saturated heterocycles. The van der Waals surface area contributed by atoms with Crippen molar-refractivity contribution in [3.8, 4) is 11.5 Å². The zero-order chi connectivity index (χ0) is 22.4. The van der Waals surface area contributed by atoms with Crippen molar-refractivity contribution in [2.24, 2.45) is 0 Å². The summed E-state index contributed by atoms with van der Waals surface area (Å²) in [5.41, 5.74) is 5.84. The van der Waals surface area contributed by atoms with Crippen LogP contribution < -0.4 is 9.47 Å². The molecule has 162 valence electrons. The Morgan fingerprint density at radius 2 is 1.18 bits per heavy atom. The minimum atomic E-state index is 0.0244. The maximum absolute atomic E-state index is 5.54. The number of ether oxygens (including phenoxy) is 2. The van der Waals surface area contributed by atoms with Gasteiger partial charge in [0.1, 0.15) is 11.5 Å². The summed E-state index contributed by atoms with van der Waals surface area (Å²) in [7, 11) is 3.42. The zero-order valence-electron chi connectivity index (χ0n) is 18.6. The maximum atomic E-state index is 5.54. The van der Waals surface area contributed by atoms with Gasteiger partial charge in [-0.15, -0.1) is 0 Å². The van der Waals surface area contributed by atoms with E-state index in [1.54, 1.807) is 14.2 Å². The number of rotatable bonds is 5. The summed E-state index contributed by atoms with van der Waals surface area (Å²) in [5.74, 6) is 1.72. The summed E-state index contributed by atoms with van der Waals surface area (Å²) >= 11 is 0. The lowest BCUT2D eigenvalue weighted by Gasteiger charge is -2.18. The minimum Gasteiger partial charge on any atom is -0.497 e. The van der Waals surface area contributed by atoms with Crippen LogP contribution in [0.25, 0.3) is 32.6 Å². The molecule has 0 aliphatic heterocycles. The monoisotopic (exact) mass is 432 g/mol.